The molecular formula is C21H19N3O3. The Bertz CT molecular complexity index is 986. The summed E-state index contributed by atoms with van der Waals surface area (Å²) in [7, 11) is 0. The van der Waals surface area contributed by atoms with Crippen LogP contribution < -0.4 is 9.64 Å². The highest BCUT2D eigenvalue weighted by Crippen LogP contribution is 2.26. The van der Waals surface area contributed by atoms with Gasteiger partial charge >= 0.3 is 5.97 Å². The number of ether oxygens (including phenoxy) is 1. The molecule has 0 fully saturated rings. The Morgan fingerprint density at radius 3 is 2.56 bits per heavy atom. The average Bonchev–Trinajstić information content (AvgIpc) is 2.67. The van der Waals surface area contributed by atoms with Crippen LogP contribution in [0.5, 0.6) is 11.6 Å². The Balaban J connectivity index is 1.56. The molecule has 0 amide bonds. The number of aromatic nitrogens is 2. The van der Waals surface area contributed by atoms with Gasteiger partial charge < -0.3 is 14.7 Å². The minimum absolute atomic E-state index is 0.217. The first-order chi connectivity index (χ1) is 13.1. The van der Waals surface area contributed by atoms with Crippen LogP contribution in [0, 0.1) is 6.92 Å². The summed E-state index contributed by atoms with van der Waals surface area (Å²) in [5, 5.41) is 8.99. The van der Waals surface area contributed by atoms with Gasteiger partial charge in [-0.1, -0.05) is 24.3 Å². The molecule has 6 heteroatoms. The van der Waals surface area contributed by atoms with E-state index in [1.165, 1.54) is 23.3 Å². The van der Waals surface area contributed by atoms with Crippen molar-refractivity contribution in [2.75, 3.05) is 11.4 Å². The Labute approximate surface area is 157 Å². The van der Waals surface area contributed by atoms with Crippen molar-refractivity contribution < 1.29 is 14.6 Å². The van der Waals surface area contributed by atoms with E-state index in [1.54, 1.807) is 18.2 Å². The van der Waals surface area contributed by atoms with E-state index < -0.39 is 5.97 Å². The minimum Gasteiger partial charge on any atom is -0.478 e. The monoisotopic (exact) mass is 361 g/mol. The molecule has 1 aliphatic rings. The fourth-order valence-electron chi connectivity index (χ4n) is 3.17. The molecule has 1 aliphatic heterocycles. The molecule has 2 heterocycles. The second kappa shape index (κ2) is 7.07. The molecular weight excluding hydrogens is 342 g/mol. The van der Waals surface area contributed by atoms with Crippen LogP contribution in [-0.2, 0) is 13.0 Å². The predicted octanol–water partition coefficient (Wildman–Crippen LogP) is 3.84. The Kier molecular flexibility index (Phi) is 4.46. The highest BCUT2D eigenvalue weighted by atomic mass is 16.5. The minimum atomic E-state index is -0.966. The van der Waals surface area contributed by atoms with Gasteiger partial charge in [0, 0.05) is 24.8 Å². The van der Waals surface area contributed by atoms with E-state index in [1.807, 2.05) is 6.92 Å². The molecule has 0 bridgehead atoms. The molecule has 0 saturated heterocycles. The zero-order chi connectivity index (χ0) is 18.8. The van der Waals surface area contributed by atoms with Crippen LogP contribution in [0.3, 0.4) is 0 Å². The first-order valence-electron chi connectivity index (χ1n) is 8.77. The van der Waals surface area contributed by atoms with Crippen molar-refractivity contribution >= 4 is 11.9 Å². The topological polar surface area (TPSA) is 75.6 Å². The zero-order valence-corrected chi connectivity index (χ0v) is 14.9. The highest BCUT2D eigenvalue weighted by Gasteiger charge is 2.19. The van der Waals surface area contributed by atoms with Gasteiger partial charge in [0.1, 0.15) is 5.75 Å². The van der Waals surface area contributed by atoms with Gasteiger partial charge in [-0.3, -0.25) is 0 Å². The van der Waals surface area contributed by atoms with Crippen LogP contribution in [0.15, 0.2) is 54.6 Å². The predicted molar refractivity (Wildman–Crippen MR) is 101 cm³/mol. The van der Waals surface area contributed by atoms with Crippen LogP contribution in [-0.4, -0.2) is 27.6 Å². The normalized spacial score (nSPS) is 13.1. The number of hydrogen-bond acceptors (Lipinski definition) is 5. The van der Waals surface area contributed by atoms with Crippen molar-refractivity contribution in [2.24, 2.45) is 0 Å². The maximum absolute atomic E-state index is 11.0. The third-order valence-corrected chi connectivity index (χ3v) is 4.56. The van der Waals surface area contributed by atoms with Crippen molar-refractivity contribution in [1.29, 1.82) is 0 Å². The lowest BCUT2D eigenvalue weighted by Gasteiger charge is -2.29. The third kappa shape index (κ3) is 3.74. The van der Waals surface area contributed by atoms with Gasteiger partial charge in [-0.25, -0.2) is 9.78 Å². The molecule has 136 valence electrons. The summed E-state index contributed by atoms with van der Waals surface area (Å²) in [6, 6.07) is 16.5. The molecule has 0 unspecified atom stereocenters. The molecule has 1 N–H and O–H groups in total. The summed E-state index contributed by atoms with van der Waals surface area (Å²) in [6.45, 7) is 3.53. The molecule has 0 spiro atoms. The van der Waals surface area contributed by atoms with Crippen molar-refractivity contribution in [3.05, 3.63) is 77.0 Å². The number of carboxylic acid groups (broad SMARTS) is 1. The maximum Gasteiger partial charge on any atom is 0.335 e. The van der Waals surface area contributed by atoms with Gasteiger partial charge in [0.25, 0.3) is 0 Å². The Morgan fingerprint density at radius 2 is 1.81 bits per heavy atom. The molecule has 0 radical (unpaired) electrons. The summed E-state index contributed by atoms with van der Waals surface area (Å²) in [5.74, 6) is 0.654. The summed E-state index contributed by atoms with van der Waals surface area (Å²) in [4.78, 5) is 22.2. The molecule has 2 aromatic carbocycles. The number of aromatic carboxylic acids is 1. The van der Waals surface area contributed by atoms with Crippen LogP contribution in [0.25, 0.3) is 0 Å². The lowest BCUT2D eigenvalue weighted by Crippen LogP contribution is -2.31. The molecule has 3 aromatic rings. The van der Waals surface area contributed by atoms with Crippen molar-refractivity contribution in [1.82, 2.24) is 9.97 Å². The summed E-state index contributed by atoms with van der Waals surface area (Å²) < 4.78 is 5.82. The molecule has 6 nitrogen and oxygen atoms in total. The van der Waals surface area contributed by atoms with Crippen molar-refractivity contribution in [3.8, 4) is 11.6 Å². The second-order valence-electron chi connectivity index (χ2n) is 6.52. The van der Waals surface area contributed by atoms with E-state index in [4.69, 9.17) is 9.84 Å². The smallest absolute Gasteiger partial charge is 0.335 e. The third-order valence-electron chi connectivity index (χ3n) is 4.56. The Hall–Kier alpha value is -3.41. The number of hydrogen-bond donors (Lipinski definition) is 1. The molecule has 0 aliphatic carbocycles. The van der Waals surface area contributed by atoms with Crippen LogP contribution >= 0.6 is 0 Å². The first-order valence-corrected chi connectivity index (χ1v) is 8.77. The van der Waals surface area contributed by atoms with E-state index >= 15 is 0 Å². The molecule has 0 atom stereocenters. The van der Waals surface area contributed by atoms with Gasteiger partial charge in [0.15, 0.2) is 0 Å². The largest absolute Gasteiger partial charge is 0.478 e. The highest BCUT2D eigenvalue weighted by molar-refractivity contribution is 5.87. The zero-order valence-electron chi connectivity index (χ0n) is 14.9. The number of nitrogens with zero attached hydrogens (tertiary/aromatic N) is 3. The van der Waals surface area contributed by atoms with Crippen LogP contribution in [0.4, 0.5) is 5.95 Å². The lowest BCUT2D eigenvalue weighted by molar-refractivity contribution is 0.0697. The number of anilines is 1. The van der Waals surface area contributed by atoms with Crippen molar-refractivity contribution in [2.45, 2.75) is 19.9 Å². The number of carboxylic acids is 1. The van der Waals surface area contributed by atoms with Gasteiger partial charge in [-0.15, -0.1) is 0 Å². The van der Waals surface area contributed by atoms with E-state index in [0.717, 1.165) is 25.2 Å². The quantitative estimate of drug-likeness (QED) is 0.761. The lowest BCUT2D eigenvalue weighted by atomic mass is 10.0. The first kappa shape index (κ1) is 17.0. The van der Waals surface area contributed by atoms with E-state index in [9.17, 15) is 4.79 Å². The summed E-state index contributed by atoms with van der Waals surface area (Å²) in [6.07, 6.45) is 0.959. The summed E-state index contributed by atoms with van der Waals surface area (Å²) in [5.41, 5.74) is 3.70. The second-order valence-corrected chi connectivity index (χ2v) is 6.52. The van der Waals surface area contributed by atoms with Crippen LogP contribution in [0.1, 0.15) is 27.2 Å². The summed E-state index contributed by atoms with van der Waals surface area (Å²) >= 11 is 0. The van der Waals surface area contributed by atoms with Gasteiger partial charge in [0.2, 0.25) is 11.8 Å². The van der Waals surface area contributed by atoms with E-state index in [-0.39, 0.29) is 5.56 Å². The van der Waals surface area contributed by atoms with Gasteiger partial charge in [-0.05, 0) is 48.7 Å². The van der Waals surface area contributed by atoms with E-state index in [2.05, 4.69) is 39.1 Å². The molecule has 1 aromatic heterocycles. The SMILES string of the molecule is Cc1cc(Oc2ccc(C(=O)O)cc2)nc(N2CCc3ccccc3C2)n1. The molecule has 0 saturated carbocycles. The standard InChI is InChI=1S/C21H19N3O3/c1-14-12-19(27-18-8-6-16(7-9-18)20(25)26)23-21(22-14)24-11-10-15-4-2-3-5-17(15)13-24/h2-9,12H,10-11,13H2,1H3,(H,25,26). The van der Waals surface area contributed by atoms with E-state index in [0.29, 0.717) is 17.6 Å². The fourth-order valence-corrected chi connectivity index (χ4v) is 3.17. The van der Waals surface area contributed by atoms with Gasteiger partial charge in [0.05, 0.1) is 5.56 Å². The van der Waals surface area contributed by atoms with Crippen molar-refractivity contribution in [3.63, 3.8) is 0 Å². The maximum atomic E-state index is 11.0. The average molecular weight is 361 g/mol. The number of aryl methyl sites for hydroxylation is 1. The number of rotatable bonds is 4. The number of fused-ring (bicyclic) bond motifs is 1. The van der Waals surface area contributed by atoms with Crippen LogP contribution in [0.2, 0.25) is 0 Å². The Morgan fingerprint density at radius 1 is 1.07 bits per heavy atom. The molecule has 27 heavy (non-hydrogen) atoms. The number of carbonyl (C=O) groups is 1. The number of benzene rings is 2. The van der Waals surface area contributed by atoms with Gasteiger partial charge in [-0.2, -0.15) is 4.98 Å². The fraction of sp³-hybridized carbons (Fsp3) is 0.190. The molecule has 4 rings (SSSR count).